The highest BCUT2D eigenvalue weighted by molar-refractivity contribution is 4.47. The molecular formula is C10H23NO2. The molecule has 0 unspecified atom stereocenters. The van der Waals surface area contributed by atoms with E-state index < -0.39 is 0 Å². The zero-order valence-corrected chi connectivity index (χ0v) is 8.71. The van der Waals surface area contributed by atoms with Crippen molar-refractivity contribution in [3.8, 4) is 0 Å². The van der Waals surface area contributed by atoms with Gasteiger partial charge in [-0.15, -0.1) is 0 Å². The van der Waals surface area contributed by atoms with E-state index in [0.29, 0.717) is 13.1 Å². The summed E-state index contributed by atoms with van der Waals surface area (Å²) < 4.78 is 0. The zero-order chi connectivity index (χ0) is 9.94. The number of hydrogen-bond acceptors (Lipinski definition) is 3. The van der Waals surface area contributed by atoms with Crippen molar-refractivity contribution < 1.29 is 10.3 Å². The van der Waals surface area contributed by atoms with Crippen molar-refractivity contribution >= 4 is 0 Å². The first-order valence-corrected chi connectivity index (χ1v) is 5.36. The Balaban J connectivity index is 2.97. The average molecular weight is 189 g/mol. The normalized spacial score (nSPS) is 11.1. The molecule has 0 fully saturated rings. The Labute approximate surface area is 81.3 Å². The predicted molar refractivity (Wildman–Crippen MR) is 53.8 cm³/mol. The molecule has 3 nitrogen and oxygen atoms in total. The second kappa shape index (κ2) is 9.96. The molecule has 0 aromatic rings. The lowest BCUT2D eigenvalue weighted by atomic mass is 10.1. The van der Waals surface area contributed by atoms with Crippen molar-refractivity contribution in [3.05, 3.63) is 0 Å². The van der Waals surface area contributed by atoms with Crippen LogP contribution in [0.25, 0.3) is 0 Å². The highest BCUT2D eigenvalue weighted by Crippen LogP contribution is 2.05. The molecular weight excluding hydrogens is 166 g/mol. The fraction of sp³-hybridized carbons (Fsp3) is 1.00. The van der Waals surface area contributed by atoms with Crippen molar-refractivity contribution in [2.24, 2.45) is 0 Å². The van der Waals surface area contributed by atoms with E-state index in [9.17, 15) is 0 Å². The minimum Gasteiger partial charge on any atom is -0.395 e. The van der Waals surface area contributed by atoms with E-state index in [2.05, 4.69) is 6.92 Å². The van der Waals surface area contributed by atoms with Gasteiger partial charge in [0.25, 0.3) is 0 Å². The molecule has 0 aromatic carbocycles. The van der Waals surface area contributed by atoms with Crippen molar-refractivity contribution in [2.75, 3.05) is 19.7 Å². The second-order valence-electron chi connectivity index (χ2n) is 3.45. The Morgan fingerprint density at radius 1 is 0.923 bits per heavy atom. The maximum atomic E-state index is 9.13. The standard InChI is InChI=1S/C10H23NO2/c1-2-3-4-5-6-7-8-11(13)9-10-12/h12-13H,2-10H2,1H3. The van der Waals surface area contributed by atoms with E-state index in [1.165, 1.54) is 37.2 Å². The van der Waals surface area contributed by atoms with Gasteiger partial charge in [0.15, 0.2) is 0 Å². The van der Waals surface area contributed by atoms with Crippen LogP contribution in [0.15, 0.2) is 0 Å². The number of aliphatic hydroxyl groups is 1. The van der Waals surface area contributed by atoms with Gasteiger partial charge in [-0.2, -0.15) is 5.06 Å². The lowest BCUT2D eigenvalue weighted by molar-refractivity contribution is -0.0991. The van der Waals surface area contributed by atoms with Gasteiger partial charge in [0.05, 0.1) is 6.61 Å². The van der Waals surface area contributed by atoms with E-state index in [1.54, 1.807) is 0 Å². The van der Waals surface area contributed by atoms with Crippen LogP contribution in [-0.2, 0) is 0 Å². The first-order chi connectivity index (χ1) is 6.31. The molecule has 13 heavy (non-hydrogen) atoms. The predicted octanol–water partition coefficient (Wildman–Crippen LogP) is 2.03. The first-order valence-electron chi connectivity index (χ1n) is 5.36. The Bertz CT molecular complexity index is 98.9. The Kier molecular flexibility index (Phi) is 9.87. The summed E-state index contributed by atoms with van der Waals surface area (Å²) in [5.74, 6) is 0. The van der Waals surface area contributed by atoms with Crippen molar-refractivity contribution in [2.45, 2.75) is 45.4 Å². The molecule has 3 heteroatoms. The number of hydrogen-bond donors (Lipinski definition) is 2. The zero-order valence-electron chi connectivity index (χ0n) is 8.71. The monoisotopic (exact) mass is 189 g/mol. The summed E-state index contributed by atoms with van der Waals surface area (Å²) in [6.45, 7) is 3.30. The minimum atomic E-state index is 0.0341. The van der Waals surface area contributed by atoms with Crippen LogP contribution in [-0.4, -0.2) is 35.1 Å². The van der Waals surface area contributed by atoms with Crippen molar-refractivity contribution in [1.82, 2.24) is 5.06 Å². The highest BCUT2D eigenvalue weighted by atomic mass is 16.5. The van der Waals surface area contributed by atoms with Crippen molar-refractivity contribution in [3.63, 3.8) is 0 Å². The highest BCUT2D eigenvalue weighted by Gasteiger charge is 1.97. The molecule has 0 aliphatic rings. The smallest absolute Gasteiger partial charge is 0.0581 e. The molecule has 0 radical (unpaired) electrons. The van der Waals surface area contributed by atoms with Gasteiger partial charge in [0.1, 0.15) is 0 Å². The Morgan fingerprint density at radius 2 is 1.54 bits per heavy atom. The van der Waals surface area contributed by atoms with Gasteiger partial charge in [-0.25, -0.2) is 0 Å². The topological polar surface area (TPSA) is 43.7 Å². The number of aliphatic hydroxyl groups excluding tert-OH is 1. The van der Waals surface area contributed by atoms with Crippen LogP contribution < -0.4 is 0 Å². The van der Waals surface area contributed by atoms with Crippen LogP contribution >= 0.6 is 0 Å². The summed E-state index contributed by atoms with van der Waals surface area (Å²) in [6, 6.07) is 0. The number of nitrogens with zero attached hydrogens (tertiary/aromatic N) is 1. The molecule has 0 atom stereocenters. The first kappa shape index (κ1) is 12.9. The largest absolute Gasteiger partial charge is 0.395 e. The molecule has 0 aliphatic heterocycles. The van der Waals surface area contributed by atoms with Crippen LogP contribution in [0.5, 0.6) is 0 Å². The molecule has 2 N–H and O–H groups in total. The lowest BCUT2D eigenvalue weighted by Gasteiger charge is -2.12. The third kappa shape index (κ3) is 9.80. The van der Waals surface area contributed by atoms with Gasteiger partial charge >= 0.3 is 0 Å². The summed E-state index contributed by atoms with van der Waals surface area (Å²) in [5.41, 5.74) is 0. The molecule has 0 spiro atoms. The summed E-state index contributed by atoms with van der Waals surface area (Å²) in [6.07, 6.45) is 7.38. The van der Waals surface area contributed by atoms with E-state index in [-0.39, 0.29) is 6.61 Å². The molecule has 0 amide bonds. The SMILES string of the molecule is CCCCCCCCN(O)CCO. The molecule has 0 saturated heterocycles. The quantitative estimate of drug-likeness (QED) is 0.431. The molecule has 0 heterocycles. The molecule has 0 aromatic heterocycles. The molecule has 0 bridgehead atoms. The van der Waals surface area contributed by atoms with Crippen LogP contribution in [0.4, 0.5) is 0 Å². The van der Waals surface area contributed by atoms with Gasteiger partial charge < -0.3 is 10.3 Å². The third-order valence-electron chi connectivity index (χ3n) is 2.13. The van der Waals surface area contributed by atoms with E-state index in [0.717, 1.165) is 6.42 Å². The van der Waals surface area contributed by atoms with Gasteiger partial charge in [-0.05, 0) is 6.42 Å². The van der Waals surface area contributed by atoms with Crippen LogP contribution in [0.1, 0.15) is 45.4 Å². The maximum Gasteiger partial charge on any atom is 0.0581 e. The molecule has 80 valence electrons. The fourth-order valence-electron chi connectivity index (χ4n) is 1.30. The van der Waals surface area contributed by atoms with Crippen molar-refractivity contribution in [1.29, 1.82) is 0 Å². The Hall–Kier alpha value is -0.120. The van der Waals surface area contributed by atoms with Gasteiger partial charge in [-0.1, -0.05) is 39.0 Å². The number of unbranched alkanes of at least 4 members (excludes halogenated alkanes) is 5. The van der Waals surface area contributed by atoms with E-state index in [4.69, 9.17) is 10.3 Å². The Morgan fingerprint density at radius 3 is 2.15 bits per heavy atom. The number of rotatable bonds is 9. The molecule has 0 rings (SSSR count). The van der Waals surface area contributed by atoms with Crippen LogP contribution in [0, 0.1) is 0 Å². The minimum absolute atomic E-state index is 0.0341. The van der Waals surface area contributed by atoms with Gasteiger partial charge in [0, 0.05) is 13.1 Å². The van der Waals surface area contributed by atoms with E-state index in [1.807, 2.05) is 0 Å². The third-order valence-corrected chi connectivity index (χ3v) is 2.13. The molecule has 0 aliphatic carbocycles. The summed E-state index contributed by atoms with van der Waals surface area (Å²) in [7, 11) is 0. The summed E-state index contributed by atoms with van der Waals surface area (Å²) >= 11 is 0. The molecule has 0 saturated carbocycles. The average Bonchev–Trinajstić information content (AvgIpc) is 2.11. The van der Waals surface area contributed by atoms with E-state index >= 15 is 0 Å². The van der Waals surface area contributed by atoms with Crippen LogP contribution in [0.2, 0.25) is 0 Å². The second-order valence-corrected chi connectivity index (χ2v) is 3.45. The fourth-order valence-corrected chi connectivity index (χ4v) is 1.30. The number of hydroxylamine groups is 2. The van der Waals surface area contributed by atoms with Gasteiger partial charge in [0.2, 0.25) is 0 Å². The lowest BCUT2D eigenvalue weighted by Crippen LogP contribution is -2.23. The maximum absolute atomic E-state index is 9.13. The summed E-state index contributed by atoms with van der Waals surface area (Å²) in [5, 5.41) is 18.8. The van der Waals surface area contributed by atoms with Crippen LogP contribution in [0.3, 0.4) is 0 Å². The summed E-state index contributed by atoms with van der Waals surface area (Å²) in [4.78, 5) is 0. The van der Waals surface area contributed by atoms with Gasteiger partial charge in [-0.3, -0.25) is 0 Å².